The molecule has 2 aromatic rings. The molecule has 0 saturated carbocycles. The molecule has 0 spiro atoms. The number of hydrogen-bond acceptors (Lipinski definition) is 4. The van der Waals surface area contributed by atoms with Gasteiger partial charge in [-0.05, 0) is 25.5 Å². The van der Waals surface area contributed by atoms with Crippen LogP contribution in [0.4, 0.5) is 4.39 Å². The van der Waals surface area contributed by atoms with Crippen molar-refractivity contribution in [2.45, 2.75) is 38.5 Å². The van der Waals surface area contributed by atoms with Crippen molar-refractivity contribution in [2.24, 2.45) is 0 Å². The highest BCUT2D eigenvalue weighted by Crippen LogP contribution is 2.19. The molecule has 1 N–H and O–H groups in total. The Hall–Kier alpha value is -2.41. The number of aryl methyl sites for hydroxylation is 2. The average molecular weight is 347 g/mol. The first-order valence-corrected chi connectivity index (χ1v) is 8.39. The molecule has 0 aliphatic carbocycles. The molecule has 3 rings (SSSR count). The molecule has 134 valence electrons. The molecule has 2 heterocycles. The minimum Gasteiger partial charge on any atom is -0.486 e. The number of benzene rings is 1. The number of carbonyl (C=O) groups is 1. The standard InChI is InChI=1S/C18H22FN3O3/c1-13-20-7-9-22(13)8-5-18(23)21-16-6-10-24-12-17(16)25-15-4-2-3-14(19)11-15/h2-4,7,9,11,16-17H,5-6,8,10,12H2,1H3,(H,21,23). The number of nitrogens with zero attached hydrogens (tertiary/aromatic N) is 2. The van der Waals surface area contributed by atoms with Crippen LogP contribution < -0.4 is 10.1 Å². The fourth-order valence-corrected chi connectivity index (χ4v) is 2.85. The van der Waals surface area contributed by atoms with E-state index < -0.39 is 0 Å². The van der Waals surface area contributed by atoms with E-state index in [2.05, 4.69) is 10.3 Å². The van der Waals surface area contributed by atoms with Gasteiger partial charge in [-0.15, -0.1) is 0 Å². The first-order valence-electron chi connectivity index (χ1n) is 8.39. The number of halogens is 1. The maximum Gasteiger partial charge on any atom is 0.222 e. The highest BCUT2D eigenvalue weighted by Gasteiger charge is 2.29. The summed E-state index contributed by atoms with van der Waals surface area (Å²) in [7, 11) is 0. The molecule has 0 bridgehead atoms. The van der Waals surface area contributed by atoms with Crippen LogP contribution in [0.2, 0.25) is 0 Å². The summed E-state index contributed by atoms with van der Waals surface area (Å²) < 4.78 is 26.5. The molecule has 1 amide bonds. The summed E-state index contributed by atoms with van der Waals surface area (Å²) in [4.78, 5) is 16.4. The van der Waals surface area contributed by atoms with E-state index >= 15 is 0 Å². The zero-order valence-electron chi connectivity index (χ0n) is 14.2. The summed E-state index contributed by atoms with van der Waals surface area (Å²) in [5.41, 5.74) is 0. The van der Waals surface area contributed by atoms with Gasteiger partial charge in [-0.25, -0.2) is 9.37 Å². The summed E-state index contributed by atoms with van der Waals surface area (Å²) >= 11 is 0. The van der Waals surface area contributed by atoms with E-state index in [1.807, 2.05) is 17.7 Å². The average Bonchev–Trinajstić information content (AvgIpc) is 3.00. The number of amides is 1. The topological polar surface area (TPSA) is 65.4 Å². The van der Waals surface area contributed by atoms with Gasteiger partial charge in [0.25, 0.3) is 0 Å². The van der Waals surface area contributed by atoms with Crippen molar-refractivity contribution >= 4 is 5.91 Å². The molecule has 2 unspecified atom stereocenters. The predicted octanol–water partition coefficient (Wildman–Crippen LogP) is 2.07. The van der Waals surface area contributed by atoms with Crippen molar-refractivity contribution in [3.05, 3.63) is 48.3 Å². The third-order valence-corrected chi connectivity index (χ3v) is 4.24. The van der Waals surface area contributed by atoms with Crippen LogP contribution in [0.1, 0.15) is 18.7 Å². The molecular weight excluding hydrogens is 325 g/mol. The van der Waals surface area contributed by atoms with Crippen molar-refractivity contribution < 1.29 is 18.7 Å². The Balaban J connectivity index is 1.55. The fraction of sp³-hybridized carbons (Fsp3) is 0.444. The van der Waals surface area contributed by atoms with Gasteiger partial charge in [0, 0.05) is 38.0 Å². The van der Waals surface area contributed by atoms with Gasteiger partial charge in [0.15, 0.2) is 0 Å². The Morgan fingerprint density at radius 3 is 3.16 bits per heavy atom. The SMILES string of the molecule is Cc1nccn1CCC(=O)NC1CCOCC1Oc1cccc(F)c1. The van der Waals surface area contributed by atoms with Gasteiger partial charge in [0.1, 0.15) is 23.5 Å². The van der Waals surface area contributed by atoms with E-state index in [0.717, 1.165) is 5.82 Å². The number of carbonyl (C=O) groups excluding carboxylic acids is 1. The quantitative estimate of drug-likeness (QED) is 0.869. The van der Waals surface area contributed by atoms with Crippen LogP contribution in [0.25, 0.3) is 0 Å². The lowest BCUT2D eigenvalue weighted by atomic mass is 10.1. The molecule has 1 aromatic heterocycles. The van der Waals surface area contributed by atoms with Gasteiger partial charge >= 0.3 is 0 Å². The van der Waals surface area contributed by atoms with Gasteiger partial charge in [-0.2, -0.15) is 0 Å². The van der Waals surface area contributed by atoms with Gasteiger partial charge in [-0.1, -0.05) is 6.07 Å². The monoisotopic (exact) mass is 347 g/mol. The largest absolute Gasteiger partial charge is 0.486 e. The number of hydrogen-bond donors (Lipinski definition) is 1. The molecule has 1 aliphatic heterocycles. The highest BCUT2D eigenvalue weighted by atomic mass is 19.1. The van der Waals surface area contributed by atoms with E-state index in [4.69, 9.17) is 9.47 Å². The van der Waals surface area contributed by atoms with Gasteiger partial charge in [-0.3, -0.25) is 4.79 Å². The number of nitrogens with one attached hydrogen (secondary N) is 1. The minimum atomic E-state index is -0.356. The maximum absolute atomic E-state index is 13.3. The second-order valence-electron chi connectivity index (χ2n) is 6.07. The Morgan fingerprint density at radius 1 is 1.52 bits per heavy atom. The Bertz CT molecular complexity index is 719. The van der Waals surface area contributed by atoms with Crippen LogP contribution in [0, 0.1) is 12.7 Å². The molecule has 6 nitrogen and oxygen atoms in total. The normalized spacial score (nSPS) is 20.2. The lowest BCUT2D eigenvalue weighted by Gasteiger charge is -2.32. The van der Waals surface area contributed by atoms with Crippen molar-refractivity contribution in [1.29, 1.82) is 0 Å². The van der Waals surface area contributed by atoms with Crippen LogP contribution in [0.5, 0.6) is 5.75 Å². The molecule has 1 fully saturated rings. The van der Waals surface area contributed by atoms with E-state index in [1.54, 1.807) is 18.3 Å². The van der Waals surface area contributed by atoms with Crippen LogP contribution in [0.3, 0.4) is 0 Å². The molecule has 2 atom stereocenters. The van der Waals surface area contributed by atoms with Crippen LogP contribution in [0.15, 0.2) is 36.7 Å². The van der Waals surface area contributed by atoms with E-state index in [1.165, 1.54) is 12.1 Å². The fourth-order valence-electron chi connectivity index (χ4n) is 2.85. The summed E-state index contributed by atoms with van der Waals surface area (Å²) in [6.07, 6.45) is 4.26. The first kappa shape index (κ1) is 17.4. The Morgan fingerprint density at radius 2 is 2.40 bits per heavy atom. The summed E-state index contributed by atoms with van der Waals surface area (Å²) in [5, 5.41) is 3.01. The zero-order chi connectivity index (χ0) is 17.6. The number of aromatic nitrogens is 2. The van der Waals surface area contributed by atoms with Gasteiger partial charge < -0.3 is 19.4 Å². The minimum absolute atomic E-state index is 0.0483. The maximum atomic E-state index is 13.3. The molecule has 1 aromatic carbocycles. The number of rotatable bonds is 6. The Labute approximate surface area is 146 Å². The van der Waals surface area contributed by atoms with Gasteiger partial charge in [0.2, 0.25) is 5.91 Å². The molecule has 1 aliphatic rings. The first-order chi connectivity index (χ1) is 12.1. The lowest BCUT2D eigenvalue weighted by molar-refractivity contribution is -0.124. The zero-order valence-corrected chi connectivity index (χ0v) is 14.2. The third kappa shape index (κ3) is 4.79. The van der Waals surface area contributed by atoms with Crippen molar-refractivity contribution in [3.63, 3.8) is 0 Å². The highest BCUT2D eigenvalue weighted by molar-refractivity contribution is 5.76. The summed E-state index contributed by atoms with van der Waals surface area (Å²) in [5.74, 6) is 0.910. The molecule has 7 heteroatoms. The molecule has 1 saturated heterocycles. The number of imidazole rings is 1. The van der Waals surface area contributed by atoms with E-state index in [9.17, 15) is 9.18 Å². The second kappa shape index (κ2) is 8.11. The second-order valence-corrected chi connectivity index (χ2v) is 6.07. The van der Waals surface area contributed by atoms with E-state index in [0.29, 0.717) is 38.3 Å². The van der Waals surface area contributed by atoms with E-state index in [-0.39, 0.29) is 23.9 Å². The predicted molar refractivity (Wildman–Crippen MR) is 89.8 cm³/mol. The third-order valence-electron chi connectivity index (χ3n) is 4.24. The van der Waals surface area contributed by atoms with Crippen LogP contribution in [-0.4, -0.2) is 40.8 Å². The van der Waals surface area contributed by atoms with Crippen molar-refractivity contribution in [1.82, 2.24) is 14.9 Å². The van der Waals surface area contributed by atoms with Gasteiger partial charge in [0.05, 0.1) is 12.6 Å². The summed E-state index contributed by atoms with van der Waals surface area (Å²) in [6, 6.07) is 5.82. The summed E-state index contributed by atoms with van der Waals surface area (Å²) in [6.45, 7) is 3.41. The molecule has 0 radical (unpaired) electrons. The Kier molecular flexibility index (Phi) is 5.65. The lowest BCUT2D eigenvalue weighted by Crippen LogP contribution is -2.51. The number of ether oxygens (including phenoxy) is 2. The van der Waals surface area contributed by atoms with Crippen LogP contribution in [-0.2, 0) is 16.1 Å². The molecular formula is C18H22FN3O3. The van der Waals surface area contributed by atoms with Crippen molar-refractivity contribution in [3.8, 4) is 5.75 Å². The van der Waals surface area contributed by atoms with Crippen LogP contribution >= 0.6 is 0 Å². The molecule has 25 heavy (non-hydrogen) atoms. The smallest absolute Gasteiger partial charge is 0.222 e. The van der Waals surface area contributed by atoms with Crippen molar-refractivity contribution in [2.75, 3.05) is 13.2 Å².